The lowest BCUT2D eigenvalue weighted by Crippen LogP contribution is -2.07. The number of rotatable bonds is 4. The fraction of sp³-hybridized carbons (Fsp3) is 0.111. The lowest BCUT2D eigenvalue weighted by Gasteiger charge is -2.11. The van der Waals surface area contributed by atoms with Crippen LogP contribution in [0, 0.1) is 0 Å². The van der Waals surface area contributed by atoms with Gasteiger partial charge in [0.1, 0.15) is 17.9 Å². The van der Waals surface area contributed by atoms with Gasteiger partial charge in [-0.2, -0.15) is 0 Å². The number of amides is 1. The van der Waals surface area contributed by atoms with Crippen molar-refractivity contribution >= 4 is 45.8 Å². The highest BCUT2D eigenvalue weighted by Crippen LogP contribution is 2.29. The predicted octanol–water partition coefficient (Wildman–Crippen LogP) is 4.64. The van der Waals surface area contributed by atoms with E-state index < -0.39 is 5.63 Å². The molecular formula is C18H13Cl2NO4. The van der Waals surface area contributed by atoms with Gasteiger partial charge in [-0.1, -0.05) is 23.2 Å². The third kappa shape index (κ3) is 4.13. The Morgan fingerprint density at radius 1 is 1.16 bits per heavy atom. The summed E-state index contributed by atoms with van der Waals surface area (Å²) in [7, 11) is 0. The molecule has 3 aromatic rings. The van der Waals surface area contributed by atoms with E-state index in [1.54, 1.807) is 36.4 Å². The molecule has 0 unspecified atom stereocenters. The molecule has 0 radical (unpaired) electrons. The minimum atomic E-state index is -0.511. The summed E-state index contributed by atoms with van der Waals surface area (Å²) in [6.45, 7) is 1.51. The first-order valence-corrected chi connectivity index (χ1v) is 8.10. The van der Waals surface area contributed by atoms with Crippen LogP contribution in [0.2, 0.25) is 10.0 Å². The van der Waals surface area contributed by atoms with Gasteiger partial charge in [0.2, 0.25) is 5.91 Å². The van der Waals surface area contributed by atoms with Crippen molar-refractivity contribution in [2.75, 3.05) is 5.32 Å². The number of anilines is 1. The zero-order valence-electron chi connectivity index (χ0n) is 13.1. The molecule has 128 valence electrons. The van der Waals surface area contributed by atoms with Crippen LogP contribution in [-0.4, -0.2) is 5.91 Å². The van der Waals surface area contributed by atoms with Crippen molar-refractivity contribution in [3.8, 4) is 5.75 Å². The largest absolute Gasteiger partial charge is 0.487 e. The van der Waals surface area contributed by atoms with Gasteiger partial charge in [0.15, 0.2) is 0 Å². The Balaban J connectivity index is 1.94. The first-order chi connectivity index (χ1) is 11.9. The Bertz CT molecular complexity index is 1010. The SMILES string of the molecule is CC(=O)Nc1ccc2c(COc3cc(Cl)ccc3Cl)cc(=O)oc2c1. The third-order valence-corrected chi connectivity index (χ3v) is 3.97. The summed E-state index contributed by atoms with van der Waals surface area (Å²) in [6, 6.07) is 11.3. The molecule has 1 amide bonds. The van der Waals surface area contributed by atoms with Crippen LogP contribution in [0.1, 0.15) is 12.5 Å². The summed E-state index contributed by atoms with van der Waals surface area (Å²) >= 11 is 12.0. The maximum Gasteiger partial charge on any atom is 0.336 e. The number of halogens is 2. The molecule has 5 nitrogen and oxygen atoms in total. The molecule has 0 bridgehead atoms. The molecule has 0 aliphatic rings. The number of fused-ring (bicyclic) bond motifs is 1. The average molecular weight is 378 g/mol. The van der Waals surface area contributed by atoms with Gasteiger partial charge in [-0.3, -0.25) is 4.79 Å². The highest BCUT2D eigenvalue weighted by Gasteiger charge is 2.10. The Labute approximate surface area is 153 Å². The van der Waals surface area contributed by atoms with E-state index in [2.05, 4.69) is 5.32 Å². The van der Waals surface area contributed by atoms with Crippen LogP contribution >= 0.6 is 23.2 Å². The van der Waals surface area contributed by atoms with E-state index in [4.69, 9.17) is 32.4 Å². The Morgan fingerprint density at radius 2 is 1.96 bits per heavy atom. The van der Waals surface area contributed by atoms with Gasteiger partial charge in [0, 0.05) is 46.8 Å². The topological polar surface area (TPSA) is 68.5 Å². The van der Waals surface area contributed by atoms with Crippen molar-refractivity contribution in [3.63, 3.8) is 0 Å². The molecule has 0 fully saturated rings. The number of carbonyl (C=O) groups is 1. The molecule has 0 spiro atoms. The average Bonchev–Trinajstić information content (AvgIpc) is 2.54. The number of ether oxygens (including phenoxy) is 1. The summed E-state index contributed by atoms with van der Waals surface area (Å²) in [5.74, 6) is 0.210. The lowest BCUT2D eigenvalue weighted by atomic mass is 10.1. The maximum absolute atomic E-state index is 11.8. The maximum atomic E-state index is 11.8. The van der Waals surface area contributed by atoms with Gasteiger partial charge in [-0.25, -0.2) is 4.79 Å². The van der Waals surface area contributed by atoms with Crippen LogP contribution in [0.25, 0.3) is 11.0 Å². The van der Waals surface area contributed by atoms with Gasteiger partial charge in [-0.15, -0.1) is 0 Å². The van der Waals surface area contributed by atoms with Crippen LogP contribution in [0.15, 0.2) is 51.7 Å². The zero-order valence-corrected chi connectivity index (χ0v) is 14.6. The van der Waals surface area contributed by atoms with Crippen LogP contribution < -0.4 is 15.7 Å². The summed E-state index contributed by atoms with van der Waals surface area (Å²) in [5.41, 5.74) is 1.02. The van der Waals surface area contributed by atoms with E-state index >= 15 is 0 Å². The van der Waals surface area contributed by atoms with Gasteiger partial charge in [-0.05, 0) is 24.3 Å². The van der Waals surface area contributed by atoms with E-state index in [0.717, 1.165) is 0 Å². The van der Waals surface area contributed by atoms with Crippen LogP contribution in [0.3, 0.4) is 0 Å². The Hall–Kier alpha value is -2.50. The Morgan fingerprint density at radius 3 is 2.72 bits per heavy atom. The number of carbonyl (C=O) groups excluding carboxylic acids is 1. The minimum Gasteiger partial charge on any atom is -0.487 e. The summed E-state index contributed by atoms with van der Waals surface area (Å²) in [6.07, 6.45) is 0. The molecule has 1 aromatic heterocycles. The van der Waals surface area contributed by atoms with Crippen LogP contribution in [0.4, 0.5) is 5.69 Å². The summed E-state index contributed by atoms with van der Waals surface area (Å²) in [4.78, 5) is 23.0. The van der Waals surface area contributed by atoms with Crippen molar-refractivity contribution in [2.24, 2.45) is 0 Å². The predicted molar refractivity (Wildman–Crippen MR) is 97.6 cm³/mol. The first kappa shape index (κ1) is 17.3. The van der Waals surface area contributed by atoms with E-state index in [-0.39, 0.29) is 12.5 Å². The van der Waals surface area contributed by atoms with E-state index in [1.807, 2.05) is 0 Å². The van der Waals surface area contributed by atoms with E-state index in [9.17, 15) is 9.59 Å². The van der Waals surface area contributed by atoms with Crippen molar-refractivity contribution in [3.05, 3.63) is 68.5 Å². The second kappa shape index (κ2) is 7.17. The van der Waals surface area contributed by atoms with Crippen molar-refractivity contribution in [1.29, 1.82) is 0 Å². The Kier molecular flexibility index (Phi) is 4.97. The molecule has 0 aliphatic heterocycles. The molecule has 3 rings (SSSR count). The van der Waals surface area contributed by atoms with Gasteiger partial charge in [0.05, 0.1) is 5.02 Å². The standard InChI is InChI=1S/C18H13Cl2NO4/c1-10(22)21-13-3-4-14-11(6-18(23)25-16(14)8-13)9-24-17-7-12(19)2-5-15(17)20/h2-8H,9H2,1H3,(H,21,22). The van der Waals surface area contributed by atoms with Crippen molar-refractivity contribution < 1.29 is 13.9 Å². The quantitative estimate of drug-likeness (QED) is 0.672. The summed E-state index contributed by atoms with van der Waals surface area (Å²) < 4.78 is 10.9. The van der Waals surface area contributed by atoms with Crippen molar-refractivity contribution in [1.82, 2.24) is 0 Å². The fourth-order valence-corrected chi connectivity index (χ4v) is 2.71. The van der Waals surface area contributed by atoms with E-state index in [1.165, 1.54) is 13.0 Å². The molecule has 0 aliphatic carbocycles. The zero-order chi connectivity index (χ0) is 18.0. The monoisotopic (exact) mass is 377 g/mol. The van der Waals surface area contributed by atoms with Gasteiger partial charge in [0.25, 0.3) is 0 Å². The molecule has 7 heteroatoms. The molecule has 0 saturated heterocycles. The van der Waals surface area contributed by atoms with Crippen LogP contribution in [0.5, 0.6) is 5.75 Å². The minimum absolute atomic E-state index is 0.113. The number of benzene rings is 2. The molecule has 2 aromatic carbocycles. The number of hydrogen-bond donors (Lipinski definition) is 1. The highest BCUT2D eigenvalue weighted by atomic mass is 35.5. The smallest absolute Gasteiger partial charge is 0.336 e. The second-order valence-corrected chi connectivity index (χ2v) is 6.19. The lowest BCUT2D eigenvalue weighted by molar-refractivity contribution is -0.114. The molecule has 25 heavy (non-hydrogen) atoms. The first-order valence-electron chi connectivity index (χ1n) is 7.34. The second-order valence-electron chi connectivity index (χ2n) is 5.35. The molecule has 1 N–H and O–H groups in total. The van der Waals surface area contributed by atoms with Crippen LogP contribution in [-0.2, 0) is 11.4 Å². The molecule has 0 atom stereocenters. The molecular weight excluding hydrogens is 365 g/mol. The normalized spacial score (nSPS) is 10.7. The van der Waals surface area contributed by atoms with Gasteiger partial charge < -0.3 is 14.5 Å². The third-order valence-electron chi connectivity index (χ3n) is 3.43. The summed E-state index contributed by atoms with van der Waals surface area (Å²) in [5, 5.41) is 4.26. The van der Waals surface area contributed by atoms with Gasteiger partial charge >= 0.3 is 5.63 Å². The number of nitrogens with one attached hydrogen (secondary N) is 1. The highest BCUT2D eigenvalue weighted by molar-refractivity contribution is 6.34. The van der Waals surface area contributed by atoms with Crippen molar-refractivity contribution in [2.45, 2.75) is 13.5 Å². The molecule has 0 saturated carbocycles. The number of hydrogen-bond acceptors (Lipinski definition) is 4. The fourth-order valence-electron chi connectivity index (χ4n) is 2.37. The molecule has 1 heterocycles. The van der Waals surface area contributed by atoms with E-state index in [0.29, 0.717) is 38.0 Å².